The monoisotopic (exact) mass is 295 g/mol. The van der Waals surface area contributed by atoms with Gasteiger partial charge in [0.1, 0.15) is 0 Å². The molecule has 0 saturated carbocycles. The van der Waals surface area contributed by atoms with Crippen LogP contribution in [0.25, 0.3) is 11.6 Å². The fourth-order valence-electron chi connectivity index (χ4n) is 4.14. The van der Waals surface area contributed by atoms with Crippen LogP contribution in [0, 0.1) is 6.92 Å². The van der Waals surface area contributed by atoms with Gasteiger partial charge in [0.2, 0.25) is 0 Å². The Bertz CT molecular complexity index is 733. The van der Waals surface area contributed by atoms with Crippen LogP contribution in [0.5, 0.6) is 0 Å². The molecule has 0 N–H and O–H groups in total. The van der Waals surface area contributed by atoms with Crippen LogP contribution in [0.3, 0.4) is 0 Å². The van der Waals surface area contributed by atoms with Gasteiger partial charge in [0.15, 0.2) is 5.76 Å². The summed E-state index contributed by atoms with van der Waals surface area (Å²) in [5, 5.41) is 3.77. The van der Waals surface area contributed by atoms with Gasteiger partial charge < -0.3 is 4.52 Å². The maximum atomic E-state index is 5.21. The number of hydrogen-bond donors (Lipinski definition) is 0. The van der Waals surface area contributed by atoms with Crippen LogP contribution in [0.15, 0.2) is 28.9 Å². The lowest BCUT2D eigenvalue weighted by Gasteiger charge is -2.22. The highest BCUT2D eigenvalue weighted by molar-refractivity contribution is 5.81. The van der Waals surface area contributed by atoms with E-state index in [1.807, 2.05) is 6.07 Å². The van der Waals surface area contributed by atoms with Gasteiger partial charge in [0.25, 0.3) is 0 Å². The third-order valence-corrected chi connectivity index (χ3v) is 4.95. The Kier molecular flexibility index (Phi) is 3.32. The predicted molar refractivity (Wildman–Crippen MR) is 91.9 cm³/mol. The summed E-state index contributed by atoms with van der Waals surface area (Å²) in [7, 11) is 0. The third kappa shape index (κ3) is 2.41. The van der Waals surface area contributed by atoms with Crippen molar-refractivity contribution >= 4 is 11.6 Å². The van der Waals surface area contributed by atoms with E-state index in [1.54, 1.807) is 6.20 Å². The van der Waals surface area contributed by atoms with Gasteiger partial charge in [-0.25, -0.2) is 0 Å². The molecule has 1 aromatic heterocycles. The molecule has 1 aliphatic carbocycles. The fourth-order valence-corrected chi connectivity index (χ4v) is 4.14. The van der Waals surface area contributed by atoms with Gasteiger partial charge in [0.05, 0.1) is 6.20 Å². The summed E-state index contributed by atoms with van der Waals surface area (Å²) in [5.74, 6) is 0.803. The van der Waals surface area contributed by atoms with E-state index in [9.17, 15) is 0 Å². The number of aryl methyl sites for hydroxylation is 1. The molecule has 0 unspecified atom stereocenters. The highest BCUT2D eigenvalue weighted by Crippen LogP contribution is 2.50. The standard InChI is InChI=1S/C20H25NO/c1-13(9-15-7-8-21-22-15)16-11-18-17(10-14(16)2)19(3,4)12-20(18,5)6/h7-11H,12H2,1-6H3/b13-9+. The predicted octanol–water partition coefficient (Wildman–Crippen LogP) is 5.50. The van der Waals surface area contributed by atoms with E-state index < -0.39 is 0 Å². The fraction of sp³-hybridized carbons (Fsp3) is 0.450. The molecular weight excluding hydrogens is 270 g/mol. The molecule has 0 saturated heterocycles. The second-order valence-electron chi connectivity index (χ2n) is 7.90. The average molecular weight is 295 g/mol. The number of benzene rings is 1. The molecule has 2 nitrogen and oxygen atoms in total. The zero-order valence-corrected chi connectivity index (χ0v) is 14.4. The topological polar surface area (TPSA) is 26.0 Å². The van der Waals surface area contributed by atoms with E-state index in [2.05, 4.69) is 64.9 Å². The first-order valence-corrected chi connectivity index (χ1v) is 7.96. The molecule has 0 radical (unpaired) electrons. The highest BCUT2D eigenvalue weighted by atomic mass is 16.5. The van der Waals surface area contributed by atoms with E-state index in [0.717, 1.165) is 5.76 Å². The van der Waals surface area contributed by atoms with Crippen molar-refractivity contribution in [3.8, 4) is 0 Å². The summed E-state index contributed by atoms with van der Waals surface area (Å²) in [5.41, 5.74) is 7.34. The second kappa shape index (κ2) is 4.84. The van der Waals surface area contributed by atoms with Gasteiger partial charge in [-0.2, -0.15) is 0 Å². The normalized spacial score (nSPS) is 19.3. The minimum Gasteiger partial charge on any atom is -0.357 e. The van der Waals surface area contributed by atoms with Crippen molar-refractivity contribution in [1.82, 2.24) is 5.16 Å². The van der Waals surface area contributed by atoms with E-state index in [4.69, 9.17) is 4.52 Å². The molecule has 3 rings (SSSR count). The largest absolute Gasteiger partial charge is 0.357 e. The van der Waals surface area contributed by atoms with Crippen LogP contribution in [0.2, 0.25) is 0 Å². The van der Waals surface area contributed by atoms with Crippen molar-refractivity contribution in [3.63, 3.8) is 0 Å². The van der Waals surface area contributed by atoms with Gasteiger partial charge in [-0.1, -0.05) is 45.0 Å². The first kappa shape index (κ1) is 15.1. The maximum Gasteiger partial charge on any atom is 0.159 e. The van der Waals surface area contributed by atoms with Crippen LogP contribution in [-0.2, 0) is 10.8 Å². The summed E-state index contributed by atoms with van der Waals surface area (Å²) >= 11 is 0. The lowest BCUT2D eigenvalue weighted by atomic mass is 9.82. The van der Waals surface area contributed by atoms with Crippen molar-refractivity contribution in [2.24, 2.45) is 0 Å². The molecule has 22 heavy (non-hydrogen) atoms. The average Bonchev–Trinajstić information content (AvgIpc) is 2.94. The quantitative estimate of drug-likeness (QED) is 0.731. The van der Waals surface area contributed by atoms with E-state index in [0.29, 0.717) is 0 Å². The smallest absolute Gasteiger partial charge is 0.159 e. The van der Waals surface area contributed by atoms with E-state index in [-0.39, 0.29) is 10.8 Å². The van der Waals surface area contributed by atoms with E-state index in [1.165, 1.54) is 34.2 Å². The minimum atomic E-state index is 0.230. The summed E-state index contributed by atoms with van der Waals surface area (Å²) in [6.07, 6.45) is 4.94. The Morgan fingerprint density at radius 2 is 1.77 bits per heavy atom. The molecule has 1 heterocycles. The van der Waals surface area contributed by atoms with Crippen LogP contribution in [0.4, 0.5) is 0 Å². The highest BCUT2D eigenvalue weighted by Gasteiger charge is 2.42. The van der Waals surface area contributed by atoms with Gasteiger partial charge in [-0.3, -0.25) is 0 Å². The van der Waals surface area contributed by atoms with Crippen molar-refractivity contribution in [1.29, 1.82) is 0 Å². The molecule has 0 atom stereocenters. The molecule has 1 aliphatic rings. The zero-order valence-electron chi connectivity index (χ0n) is 14.4. The SMILES string of the molecule is C/C(=C\c1ccno1)c1cc2c(cc1C)C(C)(C)CC2(C)C. The van der Waals surface area contributed by atoms with Crippen molar-refractivity contribution in [3.05, 3.63) is 52.4 Å². The van der Waals surface area contributed by atoms with Crippen molar-refractivity contribution in [2.75, 3.05) is 0 Å². The Labute approximate surface area is 133 Å². The first-order valence-electron chi connectivity index (χ1n) is 7.96. The Hall–Kier alpha value is -1.83. The van der Waals surface area contributed by atoms with Gasteiger partial charge in [-0.15, -0.1) is 0 Å². The van der Waals surface area contributed by atoms with Crippen molar-refractivity contribution < 1.29 is 4.52 Å². The van der Waals surface area contributed by atoms with Crippen LogP contribution in [0.1, 0.15) is 69.1 Å². The number of hydrogen-bond acceptors (Lipinski definition) is 2. The Morgan fingerprint density at radius 3 is 2.36 bits per heavy atom. The van der Waals surface area contributed by atoms with Gasteiger partial charge in [-0.05, 0) is 65.0 Å². The number of nitrogens with zero attached hydrogens (tertiary/aromatic N) is 1. The third-order valence-electron chi connectivity index (χ3n) is 4.95. The number of aromatic nitrogens is 1. The molecule has 2 aromatic rings. The number of allylic oxidation sites excluding steroid dienone is 1. The lowest BCUT2D eigenvalue weighted by Crippen LogP contribution is -2.17. The Balaban J connectivity index is 2.13. The molecule has 2 heteroatoms. The molecule has 0 spiro atoms. The molecular formula is C20H25NO. The summed E-state index contributed by atoms with van der Waals surface area (Å²) in [4.78, 5) is 0. The first-order chi connectivity index (χ1) is 10.2. The van der Waals surface area contributed by atoms with Crippen molar-refractivity contribution in [2.45, 2.75) is 58.8 Å². The molecule has 0 bridgehead atoms. The Morgan fingerprint density at radius 1 is 1.14 bits per heavy atom. The maximum absolute atomic E-state index is 5.21. The van der Waals surface area contributed by atoms with Gasteiger partial charge >= 0.3 is 0 Å². The van der Waals surface area contributed by atoms with Crippen LogP contribution < -0.4 is 0 Å². The van der Waals surface area contributed by atoms with Gasteiger partial charge in [0, 0.05) is 6.07 Å². The second-order valence-corrected chi connectivity index (χ2v) is 7.90. The molecule has 0 amide bonds. The summed E-state index contributed by atoms with van der Waals surface area (Å²) in [6.45, 7) is 13.8. The van der Waals surface area contributed by atoms with Crippen LogP contribution in [-0.4, -0.2) is 5.16 Å². The van der Waals surface area contributed by atoms with Crippen LogP contribution >= 0.6 is 0 Å². The summed E-state index contributed by atoms with van der Waals surface area (Å²) in [6, 6.07) is 6.66. The molecule has 1 aromatic carbocycles. The lowest BCUT2D eigenvalue weighted by molar-refractivity contribution is 0.403. The van der Waals surface area contributed by atoms with E-state index >= 15 is 0 Å². The number of fused-ring (bicyclic) bond motifs is 1. The summed E-state index contributed by atoms with van der Waals surface area (Å²) < 4.78 is 5.21. The minimum absolute atomic E-state index is 0.230. The molecule has 0 fully saturated rings. The zero-order chi connectivity index (χ0) is 16.1. The molecule has 116 valence electrons. The number of rotatable bonds is 2. The molecule has 0 aliphatic heterocycles.